The lowest BCUT2D eigenvalue weighted by Gasteiger charge is -2.19. The highest BCUT2D eigenvalue weighted by Gasteiger charge is 2.10. The van der Waals surface area contributed by atoms with Crippen LogP contribution in [0, 0.1) is 5.92 Å². The van der Waals surface area contributed by atoms with Crippen LogP contribution in [0.1, 0.15) is 59.8 Å². The Kier molecular flexibility index (Phi) is 7.23. The first-order valence-electron chi connectivity index (χ1n) is 5.48. The first-order valence-corrected chi connectivity index (χ1v) is 5.48. The standard InChI is InChI=1S/C10H18.C2H6/c1-3-4-10-7-5-9(2)6-8-10;1-2/h5,10H,3-4,6-8H2,1-2H3;1-2H3/t10-;/m0./s1. The van der Waals surface area contributed by atoms with E-state index in [1.807, 2.05) is 13.8 Å². The van der Waals surface area contributed by atoms with Crippen molar-refractivity contribution in [1.29, 1.82) is 0 Å². The van der Waals surface area contributed by atoms with E-state index in [2.05, 4.69) is 19.9 Å². The molecule has 0 heteroatoms. The Labute approximate surface area is 78.1 Å². The van der Waals surface area contributed by atoms with Gasteiger partial charge in [-0.1, -0.05) is 45.3 Å². The van der Waals surface area contributed by atoms with Gasteiger partial charge in [0.05, 0.1) is 0 Å². The number of hydrogen-bond acceptors (Lipinski definition) is 0. The molecule has 0 unspecified atom stereocenters. The van der Waals surface area contributed by atoms with Crippen LogP contribution in [0.2, 0.25) is 0 Å². The molecule has 0 aromatic carbocycles. The molecule has 0 fully saturated rings. The van der Waals surface area contributed by atoms with Crippen LogP contribution in [0.5, 0.6) is 0 Å². The van der Waals surface area contributed by atoms with Crippen LogP contribution < -0.4 is 0 Å². The summed E-state index contributed by atoms with van der Waals surface area (Å²) in [6.07, 6.45) is 9.35. The minimum atomic E-state index is 1.01. The lowest BCUT2D eigenvalue weighted by Crippen LogP contribution is -2.03. The van der Waals surface area contributed by atoms with E-state index >= 15 is 0 Å². The van der Waals surface area contributed by atoms with E-state index in [0.29, 0.717) is 0 Å². The van der Waals surface area contributed by atoms with Gasteiger partial charge in [0.25, 0.3) is 0 Å². The van der Waals surface area contributed by atoms with Crippen molar-refractivity contribution in [2.45, 2.75) is 59.8 Å². The number of allylic oxidation sites excluding steroid dienone is 2. The predicted octanol–water partition coefficient (Wildman–Crippen LogP) is 4.56. The molecule has 0 spiro atoms. The Bertz CT molecular complexity index is 122. The first-order chi connectivity index (χ1) is 5.83. The summed E-state index contributed by atoms with van der Waals surface area (Å²) < 4.78 is 0. The van der Waals surface area contributed by atoms with Crippen LogP contribution in [0.25, 0.3) is 0 Å². The third-order valence-electron chi connectivity index (χ3n) is 2.44. The van der Waals surface area contributed by atoms with Crippen LogP contribution in [0.3, 0.4) is 0 Å². The molecule has 0 radical (unpaired) electrons. The summed E-state index contributed by atoms with van der Waals surface area (Å²) in [7, 11) is 0. The third kappa shape index (κ3) is 4.58. The van der Waals surface area contributed by atoms with Crippen LogP contribution in [0.4, 0.5) is 0 Å². The fraction of sp³-hybridized carbons (Fsp3) is 0.833. The minimum Gasteiger partial charge on any atom is -0.0853 e. The summed E-state index contributed by atoms with van der Waals surface area (Å²) in [6, 6.07) is 0. The van der Waals surface area contributed by atoms with Gasteiger partial charge < -0.3 is 0 Å². The molecule has 72 valence electrons. The van der Waals surface area contributed by atoms with Crippen LogP contribution in [-0.2, 0) is 0 Å². The zero-order valence-corrected chi connectivity index (χ0v) is 9.19. The average molecular weight is 168 g/mol. The molecule has 1 aliphatic rings. The molecule has 0 bridgehead atoms. The average Bonchev–Trinajstić information content (AvgIpc) is 2.13. The summed E-state index contributed by atoms with van der Waals surface area (Å²) in [5.41, 5.74) is 1.60. The van der Waals surface area contributed by atoms with Crippen molar-refractivity contribution in [3.05, 3.63) is 11.6 Å². The monoisotopic (exact) mass is 168 g/mol. The van der Waals surface area contributed by atoms with E-state index < -0.39 is 0 Å². The topological polar surface area (TPSA) is 0 Å². The molecule has 0 aliphatic heterocycles. The second-order valence-corrected chi connectivity index (χ2v) is 3.48. The van der Waals surface area contributed by atoms with Crippen LogP contribution >= 0.6 is 0 Å². The molecule has 0 nitrogen and oxygen atoms in total. The van der Waals surface area contributed by atoms with E-state index in [9.17, 15) is 0 Å². The predicted molar refractivity (Wildman–Crippen MR) is 57.4 cm³/mol. The molecule has 0 saturated heterocycles. The Morgan fingerprint density at radius 1 is 1.42 bits per heavy atom. The fourth-order valence-corrected chi connectivity index (χ4v) is 1.69. The maximum absolute atomic E-state index is 2.42. The Balaban J connectivity index is 0.000000561. The molecular weight excluding hydrogens is 144 g/mol. The zero-order chi connectivity index (χ0) is 9.40. The van der Waals surface area contributed by atoms with E-state index in [1.165, 1.54) is 32.1 Å². The highest BCUT2D eigenvalue weighted by molar-refractivity contribution is 5.02. The third-order valence-corrected chi connectivity index (χ3v) is 2.44. The molecule has 0 saturated carbocycles. The van der Waals surface area contributed by atoms with Gasteiger partial charge in [-0.2, -0.15) is 0 Å². The van der Waals surface area contributed by atoms with Crippen molar-refractivity contribution in [2.75, 3.05) is 0 Å². The van der Waals surface area contributed by atoms with Crippen molar-refractivity contribution in [1.82, 2.24) is 0 Å². The maximum atomic E-state index is 2.42. The van der Waals surface area contributed by atoms with E-state index in [0.717, 1.165) is 5.92 Å². The molecular formula is C12H24. The maximum Gasteiger partial charge on any atom is -0.0320 e. The van der Waals surface area contributed by atoms with Gasteiger partial charge in [-0.3, -0.25) is 0 Å². The van der Waals surface area contributed by atoms with Crippen molar-refractivity contribution in [2.24, 2.45) is 5.92 Å². The van der Waals surface area contributed by atoms with Crippen molar-refractivity contribution in [3.8, 4) is 0 Å². The Morgan fingerprint density at radius 3 is 2.50 bits per heavy atom. The quantitative estimate of drug-likeness (QED) is 0.530. The second-order valence-electron chi connectivity index (χ2n) is 3.48. The lowest BCUT2D eigenvalue weighted by molar-refractivity contribution is 0.432. The fourth-order valence-electron chi connectivity index (χ4n) is 1.69. The van der Waals surface area contributed by atoms with Gasteiger partial charge in [-0.05, 0) is 32.1 Å². The van der Waals surface area contributed by atoms with Gasteiger partial charge in [0.1, 0.15) is 0 Å². The lowest BCUT2D eigenvalue weighted by atomic mass is 9.87. The van der Waals surface area contributed by atoms with E-state index in [-0.39, 0.29) is 0 Å². The summed E-state index contributed by atoms with van der Waals surface area (Å²) in [5.74, 6) is 1.01. The first kappa shape index (κ1) is 11.7. The zero-order valence-electron chi connectivity index (χ0n) is 9.19. The van der Waals surface area contributed by atoms with Gasteiger partial charge in [0.2, 0.25) is 0 Å². The van der Waals surface area contributed by atoms with Crippen LogP contribution in [0.15, 0.2) is 11.6 Å². The molecule has 1 rings (SSSR count). The number of hydrogen-bond donors (Lipinski definition) is 0. The smallest absolute Gasteiger partial charge is 0.0320 e. The SMILES string of the molecule is CC.CCC[C@H]1CC=C(C)CC1. The van der Waals surface area contributed by atoms with Gasteiger partial charge in [-0.15, -0.1) is 0 Å². The van der Waals surface area contributed by atoms with Crippen molar-refractivity contribution in [3.63, 3.8) is 0 Å². The number of rotatable bonds is 2. The summed E-state index contributed by atoms with van der Waals surface area (Å²) in [4.78, 5) is 0. The molecule has 1 atom stereocenters. The highest BCUT2D eigenvalue weighted by atomic mass is 14.2. The molecule has 0 amide bonds. The van der Waals surface area contributed by atoms with Gasteiger partial charge in [-0.25, -0.2) is 0 Å². The second kappa shape index (κ2) is 7.39. The molecule has 0 aromatic rings. The largest absolute Gasteiger partial charge is 0.0853 e. The minimum absolute atomic E-state index is 1.01. The van der Waals surface area contributed by atoms with E-state index in [1.54, 1.807) is 5.57 Å². The molecule has 0 aromatic heterocycles. The Hall–Kier alpha value is -0.260. The van der Waals surface area contributed by atoms with Crippen LogP contribution in [-0.4, -0.2) is 0 Å². The summed E-state index contributed by atoms with van der Waals surface area (Å²) >= 11 is 0. The molecule has 0 N–H and O–H groups in total. The highest BCUT2D eigenvalue weighted by Crippen LogP contribution is 2.26. The molecule has 1 aliphatic carbocycles. The van der Waals surface area contributed by atoms with Crippen molar-refractivity contribution >= 4 is 0 Å². The molecule has 12 heavy (non-hydrogen) atoms. The summed E-state index contributed by atoms with van der Waals surface area (Å²) in [5, 5.41) is 0. The van der Waals surface area contributed by atoms with Gasteiger partial charge in [0, 0.05) is 0 Å². The van der Waals surface area contributed by atoms with Gasteiger partial charge in [0.15, 0.2) is 0 Å². The van der Waals surface area contributed by atoms with Crippen molar-refractivity contribution < 1.29 is 0 Å². The molecule has 0 heterocycles. The van der Waals surface area contributed by atoms with E-state index in [4.69, 9.17) is 0 Å². The van der Waals surface area contributed by atoms with Gasteiger partial charge >= 0.3 is 0 Å². The Morgan fingerprint density at radius 2 is 2.08 bits per heavy atom. The normalized spacial score (nSPS) is 22.3. The summed E-state index contributed by atoms with van der Waals surface area (Å²) in [6.45, 7) is 8.54.